The summed E-state index contributed by atoms with van der Waals surface area (Å²) in [5.41, 5.74) is -0.0923. The van der Waals surface area contributed by atoms with Gasteiger partial charge in [0, 0.05) is 18.0 Å². The standard InChI is InChI=1S/C13H23ClN4/c1-13(2,3)12-16-10(14)9-11(17-12)15-7-6-8-18(4)5/h9H,6-8H2,1-5H3,(H,15,16,17). The molecule has 102 valence electrons. The number of halogens is 1. The molecule has 1 N–H and O–H groups in total. The van der Waals surface area contributed by atoms with E-state index in [9.17, 15) is 0 Å². The van der Waals surface area contributed by atoms with Crippen molar-refractivity contribution in [1.82, 2.24) is 14.9 Å². The van der Waals surface area contributed by atoms with Gasteiger partial charge in [0.15, 0.2) is 0 Å². The summed E-state index contributed by atoms with van der Waals surface area (Å²) in [6, 6.07) is 1.77. The molecule has 0 radical (unpaired) electrons. The SMILES string of the molecule is CN(C)CCCNc1cc(Cl)nc(C(C)(C)C)n1. The van der Waals surface area contributed by atoms with Gasteiger partial charge in [-0.1, -0.05) is 32.4 Å². The third-order valence-corrected chi connectivity index (χ3v) is 2.65. The number of hydrogen-bond acceptors (Lipinski definition) is 4. The van der Waals surface area contributed by atoms with Crippen molar-refractivity contribution in [2.24, 2.45) is 0 Å². The van der Waals surface area contributed by atoms with Crippen LogP contribution in [0.4, 0.5) is 5.82 Å². The van der Waals surface area contributed by atoms with Gasteiger partial charge in [-0.3, -0.25) is 0 Å². The Hall–Kier alpha value is -0.870. The molecule has 18 heavy (non-hydrogen) atoms. The lowest BCUT2D eigenvalue weighted by Crippen LogP contribution is -2.19. The van der Waals surface area contributed by atoms with Crippen molar-refractivity contribution in [3.63, 3.8) is 0 Å². The molecule has 0 aliphatic rings. The smallest absolute Gasteiger partial charge is 0.137 e. The Morgan fingerprint density at radius 2 is 1.94 bits per heavy atom. The minimum absolute atomic E-state index is 0.0923. The molecule has 0 aliphatic heterocycles. The maximum atomic E-state index is 6.02. The molecule has 0 saturated carbocycles. The van der Waals surface area contributed by atoms with Crippen molar-refractivity contribution in [2.45, 2.75) is 32.6 Å². The van der Waals surface area contributed by atoms with E-state index in [-0.39, 0.29) is 5.41 Å². The number of aromatic nitrogens is 2. The topological polar surface area (TPSA) is 41.0 Å². The Kier molecular flexibility index (Phi) is 5.35. The largest absolute Gasteiger partial charge is 0.370 e. The van der Waals surface area contributed by atoms with Crippen LogP contribution in [0.25, 0.3) is 0 Å². The van der Waals surface area contributed by atoms with E-state index < -0.39 is 0 Å². The van der Waals surface area contributed by atoms with E-state index in [1.54, 1.807) is 6.07 Å². The van der Waals surface area contributed by atoms with E-state index in [1.807, 2.05) is 0 Å². The molecule has 1 rings (SSSR count). The molecule has 5 heteroatoms. The summed E-state index contributed by atoms with van der Waals surface area (Å²) in [5, 5.41) is 3.78. The van der Waals surface area contributed by atoms with Gasteiger partial charge in [0.2, 0.25) is 0 Å². The molecule has 0 amide bonds. The van der Waals surface area contributed by atoms with Crippen molar-refractivity contribution in [1.29, 1.82) is 0 Å². The van der Waals surface area contributed by atoms with Crippen LogP contribution in [0.2, 0.25) is 5.15 Å². The average molecular weight is 271 g/mol. The molecule has 4 nitrogen and oxygen atoms in total. The monoisotopic (exact) mass is 270 g/mol. The Morgan fingerprint density at radius 1 is 1.28 bits per heavy atom. The molecule has 0 bridgehead atoms. The fourth-order valence-corrected chi connectivity index (χ4v) is 1.64. The summed E-state index contributed by atoms with van der Waals surface area (Å²) in [6.07, 6.45) is 1.07. The highest BCUT2D eigenvalue weighted by Crippen LogP contribution is 2.22. The molecule has 0 atom stereocenters. The number of hydrogen-bond donors (Lipinski definition) is 1. The second kappa shape index (κ2) is 6.34. The molecule has 0 fully saturated rings. The number of nitrogens with one attached hydrogen (secondary N) is 1. The van der Waals surface area contributed by atoms with Crippen LogP contribution in [0, 0.1) is 0 Å². The summed E-state index contributed by atoms with van der Waals surface area (Å²) in [4.78, 5) is 10.9. The molecule has 0 aromatic carbocycles. The minimum Gasteiger partial charge on any atom is -0.370 e. The highest BCUT2D eigenvalue weighted by molar-refractivity contribution is 6.29. The van der Waals surface area contributed by atoms with Crippen molar-refractivity contribution in [3.8, 4) is 0 Å². The van der Waals surface area contributed by atoms with E-state index in [0.29, 0.717) is 5.15 Å². The fraction of sp³-hybridized carbons (Fsp3) is 0.692. The van der Waals surface area contributed by atoms with Crippen LogP contribution in [-0.4, -0.2) is 42.1 Å². The van der Waals surface area contributed by atoms with Crippen LogP contribution in [0.1, 0.15) is 33.0 Å². The van der Waals surface area contributed by atoms with Crippen LogP contribution in [0.3, 0.4) is 0 Å². The lowest BCUT2D eigenvalue weighted by Gasteiger charge is -2.18. The predicted molar refractivity (Wildman–Crippen MR) is 77.4 cm³/mol. The number of rotatable bonds is 5. The molecular formula is C13H23ClN4. The van der Waals surface area contributed by atoms with Gasteiger partial charge in [0.1, 0.15) is 16.8 Å². The van der Waals surface area contributed by atoms with E-state index in [2.05, 4.69) is 55.1 Å². The summed E-state index contributed by atoms with van der Waals surface area (Å²) < 4.78 is 0. The third-order valence-electron chi connectivity index (χ3n) is 2.45. The third kappa shape index (κ3) is 5.19. The Labute approximate surface area is 115 Å². The van der Waals surface area contributed by atoms with E-state index in [0.717, 1.165) is 31.2 Å². The highest BCUT2D eigenvalue weighted by atomic mass is 35.5. The Bertz CT molecular complexity index is 385. The van der Waals surface area contributed by atoms with Crippen molar-refractivity contribution < 1.29 is 0 Å². The molecule has 1 aromatic heterocycles. The molecule has 0 spiro atoms. The number of anilines is 1. The van der Waals surface area contributed by atoms with Gasteiger partial charge in [-0.05, 0) is 27.1 Å². The minimum atomic E-state index is -0.0923. The van der Waals surface area contributed by atoms with Gasteiger partial charge in [-0.2, -0.15) is 0 Å². The first-order valence-electron chi connectivity index (χ1n) is 6.22. The first-order chi connectivity index (χ1) is 8.29. The number of nitrogens with zero attached hydrogens (tertiary/aromatic N) is 3. The molecular weight excluding hydrogens is 248 g/mol. The molecule has 1 heterocycles. The average Bonchev–Trinajstić information content (AvgIpc) is 2.22. The molecule has 1 aromatic rings. The Balaban J connectivity index is 2.63. The zero-order valence-electron chi connectivity index (χ0n) is 11.9. The normalized spacial score (nSPS) is 11.9. The van der Waals surface area contributed by atoms with E-state index in [4.69, 9.17) is 11.6 Å². The zero-order valence-corrected chi connectivity index (χ0v) is 12.7. The van der Waals surface area contributed by atoms with Crippen LogP contribution in [-0.2, 0) is 5.41 Å². The predicted octanol–water partition coefficient (Wildman–Crippen LogP) is 2.79. The lowest BCUT2D eigenvalue weighted by atomic mass is 9.96. The Morgan fingerprint density at radius 3 is 2.50 bits per heavy atom. The van der Waals surface area contributed by atoms with E-state index >= 15 is 0 Å². The van der Waals surface area contributed by atoms with Crippen LogP contribution in [0.15, 0.2) is 6.07 Å². The van der Waals surface area contributed by atoms with Crippen molar-refractivity contribution in [3.05, 3.63) is 17.0 Å². The lowest BCUT2D eigenvalue weighted by molar-refractivity contribution is 0.405. The van der Waals surface area contributed by atoms with Crippen LogP contribution >= 0.6 is 11.6 Å². The van der Waals surface area contributed by atoms with Gasteiger partial charge in [-0.25, -0.2) is 9.97 Å². The fourth-order valence-electron chi connectivity index (χ4n) is 1.46. The van der Waals surface area contributed by atoms with Gasteiger partial charge in [0.05, 0.1) is 0 Å². The van der Waals surface area contributed by atoms with Crippen LogP contribution < -0.4 is 5.32 Å². The maximum Gasteiger partial charge on any atom is 0.137 e. The second-order valence-electron chi connectivity index (χ2n) is 5.73. The second-order valence-corrected chi connectivity index (χ2v) is 6.12. The molecule has 0 saturated heterocycles. The molecule has 0 unspecified atom stereocenters. The zero-order chi connectivity index (χ0) is 13.8. The summed E-state index contributed by atoms with van der Waals surface area (Å²) in [5.74, 6) is 1.57. The first kappa shape index (κ1) is 15.2. The van der Waals surface area contributed by atoms with Crippen molar-refractivity contribution >= 4 is 17.4 Å². The van der Waals surface area contributed by atoms with E-state index in [1.165, 1.54) is 0 Å². The first-order valence-corrected chi connectivity index (χ1v) is 6.60. The van der Waals surface area contributed by atoms with Gasteiger partial charge in [-0.15, -0.1) is 0 Å². The van der Waals surface area contributed by atoms with Crippen molar-refractivity contribution in [2.75, 3.05) is 32.5 Å². The summed E-state index contributed by atoms with van der Waals surface area (Å²) in [6.45, 7) is 8.17. The summed E-state index contributed by atoms with van der Waals surface area (Å²) in [7, 11) is 4.14. The van der Waals surface area contributed by atoms with Gasteiger partial charge in [0.25, 0.3) is 0 Å². The van der Waals surface area contributed by atoms with Gasteiger partial charge < -0.3 is 10.2 Å². The maximum absolute atomic E-state index is 6.02. The quantitative estimate of drug-likeness (QED) is 0.660. The van der Waals surface area contributed by atoms with Gasteiger partial charge >= 0.3 is 0 Å². The molecule has 0 aliphatic carbocycles. The highest BCUT2D eigenvalue weighted by Gasteiger charge is 2.18. The van der Waals surface area contributed by atoms with Crippen LogP contribution in [0.5, 0.6) is 0 Å². The summed E-state index contributed by atoms with van der Waals surface area (Å²) >= 11 is 6.02.